The summed E-state index contributed by atoms with van der Waals surface area (Å²) < 4.78 is 12.5. The first-order valence-corrected chi connectivity index (χ1v) is 11.9. The van der Waals surface area contributed by atoms with Crippen LogP contribution in [0.15, 0.2) is 12.1 Å². The Morgan fingerprint density at radius 1 is 1.28 bits per heavy atom. The van der Waals surface area contributed by atoms with Crippen molar-refractivity contribution in [3.05, 3.63) is 28.8 Å². The lowest BCUT2D eigenvalue weighted by Gasteiger charge is -2.62. The maximum atomic E-state index is 13.1. The SMILES string of the molecule is CCC(C)(C)C(=O)OC(C)(C)c1ccc2c3c1O[C@H]1C(=O)CC[C@@]4(O)[C@@H](C2)N(C)CC[C@]314. The average molecular weight is 442 g/mol. The van der Waals surface area contributed by atoms with E-state index in [2.05, 4.69) is 18.0 Å². The number of hydrogen-bond donors (Lipinski definition) is 1. The van der Waals surface area contributed by atoms with Crippen LogP contribution in [0, 0.1) is 5.41 Å². The molecule has 4 aliphatic rings. The van der Waals surface area contributed by atoms with Crippen LogP contribution in [-0.2, 0) is 31.8 Å². The number of rotatable bonds is 4. The zero-order chi connectivity index (χ0) is 23.3. The van der Waals surface area contributed by atoms with Gasteiger partial charge in [0.15, 0.2) is 11.9 Å². The third-order valence-electron chi connectivity index (χ3n) is 8.98. The Kier molecular flexibility index (Phi) is 4.50. The first-order chi connectivity index (χ1) is 14.9. The molecule has 2 aliphatic carbocycles. The fourth-order valence-electron chi connectivity index (χ4n) is 6.59. The number of carbonyl (C=O) groups is 2. The first kappa shape index (κ1) is 21.9. The average Bonchev–Trinajstić information content (AvgIpc) is 3.08. The van der Waals surface area contributed by atoms with Crippen molar-refractivity contribution in [1.29, 1.82) is 0 Å². The van der Waals surface area contributed by atoms with Crippen LogP contribution < -0.4 is 4.74 Å². The predicted octanol–water partition coefficient (Wildman–Crippen LogP) is 3.25. The van der Waals surface area contributed by atoms with Crippen LogP contribution >= 0.6 is 0 Å². The van der Waals surface area contributed by atoms with Crippen molar-refractivity contribution < 1.29 is 24.2 Å². The Morgan fingerprint density at radius 2 is 2.00 bits per heavy atom. The number of ether oxygens (including phenoxy) is 2. The molecule has 4 atom stereocenters. The maximum absolute atomic E-state index is 13.1. The molecule has 0 unspecified atom stereocenters. The molecule has 1 aromatic carbocycles. The number of hydrogen-bond acceptors (Lipinski definition) is 6. The number of likely N-dealkylation sites (N-methyl/N-ethyl adjacent to an activating group) is 1. The summed E-state index contributed by atoms with van der Waals surface area (Å²) in [5, 5.41) is 12.1. The van der Waals surface area contributed by atoms with Gasteiger partial charge in [-0.05, 0) is 72.5 Å². The second kappa shape index (κ2) is 6.57. The van der Waals surface area contributed by atoms with Gasteiger partial charge in [0, 0.05) is 23.6 Å². The molecular formula is C26H35NO5. The summed E-state index contributed by atoms with van der Waals surface area (Å²) in [5.41, 5.74) is -0.343. The lowest BCUT2D eigenvalue weighted by molar-refractivity contribution is -0.185. The van der Waals surface area contributed by atoms with Crippen LogP contribution in [0.2, 0.25) is 0 Å². The topological polar surface area (TPSA) is 76.1 Å². The van der Waals surface area contributed by atoms with Gasteiger partial charge in [0.2, 0.25) is 0 Å². The summed E-state index contributed by atoms with van der Waals surface area (Å²) in [6.45, 7) is 10.3. The van der Waals surface area contributed by atoms with Crippen LogP contribution in [0.3, 0.4) is 0 Å². The third-order valence-corrected chi connectivity index (χ3v) is 8.98. The van der Waals surface area contributed by atoms with Gasteiger partial charge < -0.3 is 19.5 Å². The number of esters is 1. The Morgan fingerprint density at radius 3 is 2.69 bits per heavy atom. The minimum Gasteiger partial charge on any atom is -0.481 e. The van der Waals surface area contributed by atoms with Gasteiger partial charge in [0.05, 0.1) is 16.4 Å². The second-order valence-corrected chi connectivity index (χ2v) is 11.4. The van der Waals surface area contributed by atoms with Crippen molar-refractivity contribution in [1.82, 2.24) is 4.90 Å². The molecule has 1 N–H and O–H groups in total. The van der Waals surface area contributed by atoms with Gasteiger partial charge in [-0.2, -0.15) is 0 Å². The number of aliphatic hydroxyl groups is 1. The van der Waals surface area contributed by atoms with Gasteiger partial charge in [0.1, 0.15) is 11.4 Å². The summed E-state index contributed by atoms with van der Waals surface area (Å²) >= 11 is 0. The molecule has 32 heavy (non-hydrogen) atoms. The number of likely N-dealkylation sites (tertiary alicyclic amines) is 1. The Hall–Kier alpha value is -1.92. The summed E-state index contributed by atoms with van der Waals surface area (Å²) in [5.74, 6) is 0.460. The van der Waals surface area contributed by atoms with Gasteiger partial charge in [-0.1, -0.05) is 19.1 Å². The van der Waals surface area contributed by atoms with Crippen LogP contribution in [0.4, 0.5) is 0 Å². The molecule has 6 heteroatoms. The number of ketones is 1. The molecule has 0 aromatic heterocycles. The van der Waals surface area contributed by atoms with E-state index in [-0.39, 0.29) is 17.8 Å². The van der Waals surface area contributed by atoms with Gasteiger partial charge in [-0.15, -0.1) is 0 Å². The fourth-order valence-corrected chi connectivity index (χ4v) is 6.59. The zero-order valence-corrected chi connectivity index (χ0v) is 20.1. The monoisotopic (exact) mass is 441 g/mol. The molecular weight excluding hydrogens is 406 g/mol. The molecule has 2 fully saturated rings. The van der Waals surface area contributed by atoms with E-state index in [4.69, 9.17) is 9.47 Å². The van der Waals surface area contributed by atoms with E-state index in [9.17, 15) is 14.7 Å². The largest absolute Gasteiger partial charge is 0.481 e. The quantitative estimate of drug-likeness (QED) is 0.723. The number of carbonyl (C=O) groups excluding carboxylic acids is 2. The zero-order valence-electron chi connectivity index (χ0n) is 20.1. The van der Waals surface area contributed by atoms with E-state index in [0.29, 0.717) is 31.4 Å². The van der Waals surface area contributed by atoms with Crippen LogP contribution in [-0.4, -0.2) is 53.1 Å². The smallest absolute Gasteiger partial charge is 0.312 e. The van der Waals surface area contributed by atoms with E-state index in [1.165, 1.54) is 0 Å². The molecule has 1 spiro atoms. The molecule has 0 amide bonds. The lowest BCUT2D eigenvalue weighted by Crippen LogP contribution is -2.76. The van der Waals surface area contributed by atoms with Crippen molar-refractivity contribution in [2.75, 3.05) is 13.6 Å². The van der Waals surface area contributed by atoms with E-state index in [1.807, 2.05) is 40.7 Å². The highest BCUT2D eigenvalue weighted by molar-refractivity contribution is 5.90. The Labute approximate surface area is 190 Å². The molecule has 174 valence electrons. The highest BCUT2D eigenvalue weighted by Crippen LogP contribution is 2.64. The third kappa shape index (κ3) is 2.54. The van der Waals surface area contributed by atoms with Crippen molar-refractivity contribution in [2.45, 2.75) is 95.5 Å². The number of piperidine rings is 1. The normalized spacial score (nSPS) is 33.5. The summed E-state index contributed by atoms with van der Waals surface area (Å²) in [6, 6.07) is 4.04. The molecule has 1 saturated heterocycles. The molecule has 6 nitrogen and oxygen atoms in total. The molecule has 2 bridgehead atoms. The number of benzene rings is 1. The van der Waals surface area contributed by atoms with Crippen LogP contribution in [0.25, 0.3) is 0 Å². The molecule has 1 saturated carbocycles. The Bertz CT molecular complexity index is 1010. The molecule has 2 aliphatic heterocycles. The highest BCUT2D eigenvalue weighted by atomic mass is 16.6. The van der Waals surface area contributed by atoms with Gasteiger partial charge >= 0.3 is 5.97 Å². The van der Waals surface area contributed by atoms with E-state index < -0.39 is 28.1 Å². The number of nitrogens with zero attached hydrogens (tertiary/aromatic N) is 1. The maximum Gasteiger partial charge on any atom is 0.312 e. The molecule has 0 radical (unpaired) electrons. The standard InChI is InChI=1S/C26H35NO5/c1-7-23(2,3)22(29)32-24(4,5)16-9-8-15-14-18-26(30)11-10-17(28)21-25(26,12-13-27(18)6)19(15)20(16)31-21/h8-9,18,21,30H,7,10-14H2,1-6H3/t18-,21+,25+,26-/m1/s1. The minimum absolute atomic E-state index is 0.0315. The number of Topliss-reactive ketones (excluding diaryl/α,β-unsaturated/α-hetero) is 1. The van der Waals surface area contributed by atoms with Crippen molar-refractivity contribution in [2.24, 2.45) is 5.41 Å². The van der Waals surface area contributed by atoms with Crippen molar-refractivity contribution >= 4 is 11.8 Å². The van der Waals surface area contributed by atoms with Crippen molar-refractivity contribution in [3.8, 4) is 5.75 Å². The summed E-state index contributed by atoms with van der Waals surface area (Å²) in [4.78, 5) is 28.3. The van der Waals surface area contributed by atoms with Crippen molar-refractivity contribution in [3.63, 3.8) is 0 Å². The van der Waals surface area contributed by atoms with Gasteiger partial charge in [-0.25, -0.2) is 0 Å². The summed E-state index contributed by atoms with van der Waals surface area (Å²) in [7, 11) is 2.06. The lowest BCUT2D eigenvalue weighted by atomic mass is 9.49. The minimum atomic E-state index is -1.000. The van der Waals surface area contributed by atoms with E-state index >= 15 is 0 Å². The molecule has 2 heterocycles. The highest BCUT2D eigenvalue weighted by Gasteiger charge is 2.72. The Balaban J connectivity index is 1.67. The second-order valence-electron chi connectivity index (χ2n) is 11.4. The van der Waals surface area contributed by atoms with E-state index in [0.717, 1.165) is 29.7 Å². The predicted molar refractivity (Wildman–Crippen MR) is 120 cm³/mol. The summed E-state index contributed by atoms with van der Waals surface area (Å²) in [6.07, 6.45) is 2.20. The molecule has 1 aromatic rings. The fraction of sp³-hybridized carbons (Fsp3) is 0.692. The molecule has 5 rings (SSSR count). The first-order valence-electron chi connectivity index (χ1n) is 11.9. The van der Waals surface area contributed by atoms with Crippen LogP contribution in [0.5, 0.6) is 5.75 Å². The van der Waals surface area contributed by atoms with Gasteiger partial charge in [-0.3, -0.25) is 9.59 Å². The van der Waals surface area contributed by atoms with Gasteiger partial charge in [0.25, 0.3) is 0 Å². The van der Waals surface area contributed by atoms with E-state index in [1.54, 1.807) is 0 Å². The van der Waals surface area contributed by atoms with Crippen LogP contribution in [0.1, 0.15) is 77.0 Å².